The summed E-state index contributed by atoms with van der Waals surface area (Å²) in [6.45, 7) is 0.517. The highest BCUT2D eigenvalue weighted by Crippen LogP contribution is 2.32. The van der Waals surface area contributed by atoms with E-state index in [2.05, 4.69) is 10.3 Å². The molecule has 3 rings (SSSR count). The van der Waals surface area contributed by atoms with Crippen LogP contribution in [0.2, 0.25) is 0 Å². The zero-order valence-corrected chi connectivity index (χ0v) is 13.6. The van der Waals surface area contributed by atoms with Gasteiger partial charge in [0, 0.05) is 18.1 Å². The fourth-order valence-corrected chi connectivity index (χ4v) is 2.37. The maximum Gasteiger partial charge on any atom is 0.269 e. The third-order valence-corrected chi connectivity index (χ3v) is 3.63. The lowest BCUT2D eigenvalue weighted by Crippen LogP contribution is -2.26. The van der Waals surface area contributed by atoms with Gasteiger partial charge in [-0.2, -0.15) is 0 Å². The van der Waals surface area contributed by atoms with Gasteiger partial charge in [0.05, 0.1) is 0 Å². The van der Waals surface area contributed by atoms with Crippen molar-refractivity contribution in [2.24, 2.45) is 0 Å². The third kappa shape index (κ3) is 3.75. The van der Waals surface area contributed by atoms with Gasteiger partial charge in [-0.3, -0.25) is 9.78 Å². The van der Waals surface area contributed by atoms with Gasteiger partial charge in [0.15, 0.2) is 11.5 Å². The molecule has 1 aromatic heterocycles. The Kier molecular flexibility index (Phi) is 5.60. The van der Waals surface area contributed by atoms with Gasteiger partial charge >= 0.3 is 0 Å². The Morgan fingerprint density at radius 3 is 2.58 bits per heavy atom. The van der Waals surface area contributed by atoms with Crippen molar-refractivity contribution in [2.45, 2.75) is 6.42 Å². The number of nitrogens with one attached hydrogen (secondary N) is 1. The summed E-state index contributed by atoms with van der Waals surface area (Å²) in [5.74, 6) is -0.708. The monoisotopic (exact) mass is 344 g/mol. The molecule has 24 heavy (non-hydrogen) atoms. The van der Waals surface area contributed by atoms with Crippen LogP contribution in [0, 0.1) is 0 Å². The molecule has 0 bridgehead atoms. The fraction of sp³-hybridized carbons (Fsp3) is 0.111. The highest BCUT2D eigenvalue weighted by atomic mass is 35.5. The number of hydrogen-bond acceptors (Lipinski definition) is 4. The number of amides is 1. The fourth-order valence-electron chi connectivity index (χ4n) is 2.37. The van der Waals surface area contributed by atoms with E-state index in [1.54, 1.807) is 12.1 Å². The Bertz CT molecular complexity index is 854. The van der Waals surface area contributed by atoms with Crippen LogP contribution < -0.4 is 5.32 Å². The number of pyridine rings is 1. The second-order valence-corrected chi connectivity index (χ2v) is 5.22. The number of aromatic nitrogens is 1. The molecule has 6 heteroatoms. The molecular formula is C18H17ClN2O3. The Morgan fingerprint density at radius 1 is 1.08 bits per heavy atom. The van der Waals surface area contributed by atoms with Gasteiger partial charge in [0.1, 0.15) is 5.69 Å². The van der Waals surface area contributed by atoms with Crippen molar-refractivity contribution in [1.82, 2.24) is 10.3 Å². The molecule has 124 valence electrons. The minimum Gasteiger partial charge on any atom is -0.504 e. The number of fused-ring (bicyclic) bond motifs is 1. The highest BCUT2D eigenvalue weighted by Gasteiger charge is 2.11. The van der Waals surface area contributed by atoms with Crippen molar-refractivity contribution >= 4 is 29.1 Å². The first-order valence-electron chi connectivity index (χ1n) is 7.28. The van der Waals surface area contributed by atoms with Crippen LogP contribution in [-0.4, -0.2) is 27.6 Å². The van der Waals surface area contributed by atoms with Crippen molar-refractivity contribution in [2.75, 3.05) is 6.54 Å². The molecule has 1 heterocycles. The van der Waals surface area contributed by atoms with E-state index in [-0.39, 0.29) is 35.5 Å². The number of hydrogen-bond donors (Lipinski definition) is 3. The summed E-state index contributed by atoms with van der Waals surface area (Å²) >= 11 is 0. The molecule has 0 aliphatic carbocycles. The Morgan fingerprint density at radius 2 is 1.83 bits per heavy atom. The van der Waals surface area contributed by atoms with Crippen LogP contribution in [0.1, 0.15) is 16.1 Å². The normalized spacial score (nSPS) is 10.2. The summed E-state index contributed by atoms with van der Waals surface area (Å²) in [4.78, 5) is 16.2. The number of rotatable bonds is 4. The van der Waals surface area contributed by atoms with Gasteiger partial charge in [-0.15, -0.1) is 12.4 Å². The second-order valence-electron chi connectivity index (χ2n) is 5.22. The van der Waals surface area contributed by atoms with Crippen LogP contribution in [0.5, 0.6) is 11.5 Å². The molecule has 0 aliphatic rings. The molecule has 2 aromatic carbocycles. The number of halogens is 1. The number of benzene rings is 2. The summed E-state index contributed by atoms with van der Waals surface area (Å²) in [5.41, 5.74) is 1.43. The molecule has 0 radical (unpaired) electrons. The van der Waals surface area contributed by atoms with Crippen LogP contribution in [0.25, 0.3) is 10.8 Å². The Labute approximate surface area is 145 Å². The number of aromatic hydroxyl groups is 2. The molecule has 3 aromatic rings. The quantitative estimate of drug-likeness (QED) is 0.635. The molecule has 3 N–H and O–H groups in total. The van der Waals surface area contributed by atoms with Crippen molar-refractivity contribution in [3.8, 4) is 11.5 Å². The molecule has 1 amide bonds. The smallest absolute Gasteiger partial charge is 0.269 e. The molecule has 0 atom stereocenters. The summed E-state index contributed by atoms with van der Waals surface area (Å²) in [7, 11) is 0. The zero-order valence-electron chi connectivity index (χ0n) is 12.8. The van der Waals surface area contributed by atoms with Gasteiger partial charge in [-0.05, 0) is 29.5 Å². The van der Waals surface area contributed by atoms with Crippen LogP contribution in [-0.2, 0) is 6.42 Å². The Balaban J connectivity index is 0.00000208. The number of phenols is 2. The largest absolute Gasteiger partial charge is 0.504 e. The standard InChI is InChI=1S/C18H16N2O3.ClH/c21-16-7-6-13-10-15(20-11-14(13)17(16)22)18(23)19-9-8-12-4-2-1-3-5-12;/h1-7,10-11,21-22H,8-9H2,(H,19,23);1H. The predicted molar refractivity (Wildman–Crippen MR) is 94.8 cm³/mol. The summed E-state index contributed by atoms with van der Waals surface area (Å²) in [6.07, 6.45) is 2.13. The summed E-state index contributed by atoms with van der Waals surface area (Å²) < 4.78 is 0. The van der Waals surface area contributed by atoms with Crippen LogP contribution >= 0.6 is 12.4 Å². The Hall–Kier alpha value is -2.79. The molecule has 0 saturated heterocycles. The minimum atomic E-state index is -0.268. The van der Waals surface area contributed by atoms with E-state index in [0.29, 0.717) is 17.3 Å². The van der Waals surface area contributed by atoms with Crippen molar-refractivity contribution in [3.63, 3.8) is 0 Å². The van der Waals surface area contributed by atoms with Gasteiger partial charge in [-0.1, -0.05) is 36.4 Å². The van der Waals surface area contributed by atoms with Gasteiger partial charge in [0.2, 0.25) is 0 Å². The second kappa shape index (κ2) is 7.66. The highest BCUT2D eigenvalue weighted by molar-refractivity contribution is 5.98. The molecule has 0 saturated carbocycles. The van der Waals surface area contributed by atoms with Crippen LogP contribution in [0.3, 0.4) is 0 Å². The van der Waals surface area contributed by atoms with Crippen molar-refractivity contribution in [3.05, 3.63) is 66.0 Å². The van der Waals surface area contributed by atoms with E-state index < -0.39 is 0 Å². The lowest BCUT2D eigenvalue weighted by Gasteiger charge is -2.07. The number of carbonyl (C=O) groups excluding carboxylic acids is 1. The van der Waals surface area contributed by atoms with E-state index in [9.17, 15) is 15.0 Å². The van der Waals surface area contributed by atoms with Gasteiger partial charge in [0.25, 0.3) is 5.91 Å². The number of nitrogens with zero attached hydrogens (tertiary/aromatic N) is 1. The van der Waals surface area contributed by atoms with E-state index in [1.165, 1.54) is 12.3 Å². The molecule has 0 unspecified atom stereocenters. The molecule has 0 fully saturated rings. The van der Waals surface area contributed by atoms with Crippen LogP contribution in [0.15, 0.2) is 54.7 Å². The van der Waals surface area contributed by atoms with Gasteiger partial charge < -0.3 is 15.5 Å². The van der Waals surface area contributed by atoms with Crippen molar-refractivity contribution < 1.29 is 15.0 Å². The first-order chi connectivity index (χ1) is 11.1. The topological polar surface area (TPSA) is 82.5 Å². The third-order valence-electron chi connectivity index (χ3n) is 3.63. The average molecular weight is 345 g/mol. The lowest BCUT2D eigenvalue weighted by molar-refractivity contribution is 0.0949. The molecule has 5 nitrogen and oxygen atoms in total. The van der Waals surface area contributed by atoms with E-state index in [4.69, 9.17) is 0 Å². The SMILES string of the molecule is Cl.O=C(NCCc1ccccc1)c1cc2ccc(O)c(O)c2cn1. The van der Waals surface area contributed by atoms with E-state index in [0.717, 1.165) is 12.0 Å². The number of phenolic OH excluding ortho intramolecular Hbond substituents is 2. The first-order valence-corrected chi connectivity index (χ1v) is 7.28. The average Bonchev–Trinajstić information content (AvgIpc) is 2.59. The first kappa shape index (κ1) is 17.6. The van der Waals surface area contributed by atoms with E-state index in [1.807, 2.05) is 30.3 Å². The maximum atomic E-state index is 12.1. The molecule has 0 aliphatic heterocycles. The van der Waals surface area contributed by atoms with Crippen LogP contribution in [0.4, 0.5) is 0 Å². The predicted octanol–water partition coefficient (Wildman–Crippen LogP) is 3.04. The lowest BCUT2D eigenvalue weighted by atomic mass is 10.1. The van der Waals surface area contributed by atoms with Gasteiger partial charge in [-0.25, -0.2) is 0 Å². The summed E-state index contributed by atoms with van der Waals surface area (Å²) in [5, 5.41) is 23.1. The van der Waals surface area contributed by atoms with E-state index >= 15 is 0 Å². The number of carbonyl (C=O) groups is 1. The maximum absolute atomic E-state index is 12.1. The molecule has 0 spiro atoms. The zero-order chi connectivity index (χ0) is 16.2. The van der Waals surface area contributed by atoms with Crippen molar-refractivity contribution in [1.29, 1.82) is 0 Å². The minimum absolute atomic E-state index is 0. The summed E-state index contributed by atoms with van der Waals surface area (Å²) in [6, 6.07) is 14.5. The molecular weight excluding hydrogens is 328 g/mol.